The SMILES string of the molecule is CCN(CC(=O)Nc1c(F)cccc1F)Cc1ccc(-c2ccccc2)cc1. The van der Waals surface area contributed by atoms with Gasteiger partial charge in [-0.15, -0.1) is 0 Å². The number of likely N-dealkylation sites (N-methyl/N-ethyl adjacent to an activating group) is 1. The van der Waals surface area contributed by atoms with Gasteiger partial charge in [-0.2, -0.15) is 0 Å². The highest BCUT2D eigenvalue weighted by atomic mass is 19.1. The fourth-order valence-corrected chi connectivity index (χ4v) is 2.97. The fraction of sp³-hybridized carbons (Fsp3) is 0.174. The van der Waals surface area contributed by atoms with Crippen LogP contribution in [0.2, 0.25) is 0 Å². The van der Waals surface area contributed by atoms with Crippen molar-refractivity contribution in [3.05, 3.63) is 90.0 Å². The highest BCUT2D eigenvalue weighted by Crippen LogP contribution is 2.20. The Kier molecular flexibility index (Phi) is 6.50. The van der Waals surface area contributed by atoms with E-state index in [0.717, 1.165) is 28.8 Å². The van der Waals surface area contributed by atoms with Crippen molar-refractivity contribution in [2.24, 2.45) is 0 Å². The van der Waals surface area contributed by atoms with E-state index >= 15 is 0 Å². The van der Waals surface area contributed by atoms with Gasteiger partial charge in [0.15, 0.2) is 0 Å². The van der Waals surface area contributed by atoms with Gasteiger partial charge < -0.3 is 5.32 Å². The maximum Gasteiger partial charge on any atom is 0.238 e. The summed E-state index contributed by atoms with van der Waals surface area (Å²) in [7, 11) is 0. The molecular formula is C23H22F2N2O. The first-order chi connectivity index (χ1) is 13.6. The fourth-order valence-electron chi connectivity index (χ4n) is 2.97. The molecule has 0 radical (unpaired) electrons. The van der Waals surface area contributed by atoms with Crippen LogP contribution in [0.3, 0.4) is 0 Å². The molecule has 0 aliphatic heterocycles. The van der Waals surface area contributed by atoms with E-state index in [1.54, 1.807) is 0 Å². The first-order valence-electron chi connectivity index (χ1n) is 9.17. The van der Waals surface area contributed by atoms with Crippen LogP contribution in [0.25, 0.3) is 11.1 Å². The molecule has 0 spiro atoms. The summed E-state index contributed by atoms with van der Waals surface area (Å²) in [6.07, 6.45) is 0. The predicted octanol–water partition coefficient (Wildman–Crippen LogP) is 5.09. The lowest BCUT2D eigenvalue weighted by Gasteiger charge is -2.20. The number of nitrogens with zero attached hydrogens (tertiary/aromatic N) is 1. The van der Waals surface area contributed by atoms with E-state index in [9.17, 15) is 13.6 Å². The van der Waals surface area contributed by atoms with Gasteiger partial charge in [0.1, 0.15) is 17.3 Å². The van der Waals surface area contributed by atoms with Crippen LogP contribution in [0.1, 0.15) is 12.5 Å². The van der Waals surface area contributed by atoms with E-state index < -0.39 is 23.2 Å². The van der Waals surface area contributed by atoms with E-state index in [1.165, 1.54) is 6.07 Å². The molecule has 0 bridgehead atoms. The molecule has 0 aliphatic rings. The summed E-state index contributed by atoms with van der Waals surface area (Å²) < 4.78 is 27.4. The van der Waals surface area contributed by atoms with Crippen molar-refractivity contribution in [1.29, 1.82) is 0 Å². The van der Waals surface area contributed by atoms with Gasteiger partial charge in [-0.1, -0.05) is 67.6 Å². The van der Waals surface area contributed by atoms with Gasteiger partial charge in [0.2, 0.25) is 5.91 Å². The molecule has 3 aromatic carbocycles. The van der Waals surface area contributed by atoms with Crippen LogP contribution in [0.4, 0.5) is 14.5 Å². The number of carbonyl (C=O) groups is 1. The Morgan fingerprint density at radius 3 is 2.07 bits per heavy atom. The van der Waals surface area contributed by atoms with Crippen molar-refractivity contribution in [3.63, 3.8) is 0 Å². The number of carbonyl (C=O) groups excluding carboxylic acids is 1. The molecule has 0 unspecified atom stereocenters. The van der Waals surface area contributed by atoms with E-state index in [4.69, 9.17) is 0 Å². The van der Waals surface area contributed by atoms with Gasteiger partial charge in [0.25, 0.3) is 0 Å². The van der Waals surface area contributed by atoms with Crippen molar-refractivity contribution < 1.29 is 13.6 Å². The molecule has 0 heterocycles. The molecule has 28 heavy (non-hydrogen) atoms. The number of nitrogens with one attached hydrogen (secondary N) is 1. The number of hydrogen-bond donors (Lipinski definition) is 1. The predicted molar refractivity (Wildman–Crippen MR) is 108 cm³/mol. The Morgan fingerprint density at radius 1 is 0.857 bits per heavy atom. The minimum Gasteiger partial charge on any atom is -0.320 e. The molecule has 3 rings (SSSR count). The van der Waals surface area contributed by atoms with E-state index in [-0.39, 0.29) is 6.54 Å². The van der Waals surface area contributed by atoms with Crippen LogP contribution < -0.4 is 5.32 Å². The maximum atomic E-state index is 13.7. The molecule has 0 aliphatic carbocycles. The highest BCUT2D eigenvalue weighted by molar-refractivity contribution is 5.92. The average molecular weight is 380 g/mol. The monoisotopic (exact) mass is 380 g/mol. The summed E-state index contributed by atoms with van der Waals surface area (Å²) in [4.78, 5) is 14.1. The van der Waals surface area contributed by atoms with Crippen molar-refractivity contribution in [2.75, 3.05) is 18.4 Å². The molecule has 3 aromatic rings. The van der Waals surface area contributed by atoms with E-state index in [0.29, 0.717) is 13.1 Å². The molecule has 0 aromatic heterocycles. The zero-order valence-corrected chi connectivity index (χ0v) is 15.7. The van der Waals surface area contributed by atoms with E-state index in [2.05, 4.69) is 17.4 Å². The molecule has 0 saturated carbocycles. The van der Waals surface area contributed by atoms with Gasteiger partial charge in [-0.05, 0) is 35.4 Å². The zero-order chi connectivity index (χ0) is 19.9. The Morgan fingerprint density at radius 2 is 1.46 bits per heavy atom. The van der Waals surface area contributed by atoms with Crippen molar-refractivity contribution in [2.45, 2.75) is 13.5 Å². The second-order valence-corrected chi connectivity index (χ2v) is 6.51. The van der Waals surface area contributed by atoms with Crippen LogP contribution in [-0.2, 0) is 11.3 Å². The standard InChI is InChI=1S/C23H22F2N2O/c1-2-27(16-22(28)26-23-20(24)9-6-10-21(23)25)15-17-11-13-19(14-12-17)18-7-4-3-5-8-18/h3-14H,2,15-16H2,1H3,(H,26,28). The van der Waals surface area contributed by atoms with Gasteiger partial charge >= 0.3 is 0 Å². The lowest BCUT2D eigenvalue weighted by Crippen LogP contribution is -2.33. The number of halogens is 2. The van der Waals surface area contributed by atoms with Crippen LogP contribution in [-0.4, -0.2) is 23.9 Å². The van der Waals surface area contributed by atoms with Crippen molar-refractivity contribution in [3.8, 4) is 11.1 Å². The summed E-state index contributed by atoms with van der Waals surface area (Å²) in [6, 6.07) is 21.7. The zero-order valence-electron chi connectivity index (χ0n) is 15.7. The molecule has 0 fully saturated rings. The van der Waals surface area contributed by atoms with Crippen LogP contribution >= 0.6 is 0 Å². The first kappa shape index (κ1) is 19.7. The lowest BCUT2D eigenvalue weighted by molar-refractivity contribution is -0.117. The normalized spacial score (nSPS) is 10.9. The van der Waals surface area contributed by atoms with Crippen LogP contribution in [0, 0.1) is 11.6 Å². The lowest BCUT2D eigenvalue weighted by atomic mass is 10.0. The van der Waals surface area contributed by atoms with Gasteiger partial charge in [0.05, 0.1) is 6.54 Å². The summed E-state index contributed by atoms with van der Waals surface area (Å²) >= 11 is 0. The molecule has 1 amide bonds. The third-order valence-electron chi connectivity index (χ3n) is 4.51. The minimum absolute atomic E-state index is 0.0463. The Labute approximate surface area is 163 Å². The Hall–Kier alpha value is -3.05. The first-order valence-corrected chi connectivity index (χ1v) is 9.17. The Balaban J connectivity index is 1.62. The summed E-state index contributed by atoms with van der Waals surface area (Å²) in [6.45, 7) is 3.19. The number of anilines is 1. The molecule has 5 heteroatoms. The number of benzene rings is 3. The minimum atomic E-state index is -0.784. The number of amides is 1. The number of rotatable bonds is 7. The summed E-state index contributed by atoms with van der Waals surface area (Å²) in [5, 5.41) is 2.33. The summed E-state index contributed by atoms with van der Waals surface area (Å²) in [5.41, 5.74) is 2.93. The van der Waals surface area contributed by atoms with Crippen molar-refractivity contribution in [1.82, 2.24) is 4.90 Å². The molecule has 0 atom stereocenters. The second kappa shape index (κ2) is 9.24. The number of hydrogen-bond acceptors (Lipinski definition) is 2. The highest BCUT2D eigenvalue weighted by Gasteiger charge is 2.14. The summed E-state index contributed by atoms with van der Waals surface area (Å²) in [5.74, 6) is -2.02. The number of para-hydroxylation sites is 1. The third-order valence-corrected chi connectivity index (χ3v) is 4.51. The van der Waals surface area contributed by atoms with Crippen LogP contribution in [0.15, 0.2) is 72.8 Å². The van der Waals surface area contributed by atoms with Gasteiger partial charge in [-0.25, -0.2) is 8.78 Å². The smallest absolute Gasteiger partial charge is 0.238 e. The molecule has 1 N–H and O–H groups in total. The molecule has 3 nitrogen and oxygen atoms in total. The quantitative estimate of drug-likeness (QED) is 0.619. The molecule has 144 valence electrons. The third kappa shape index (κ3) is 5.02. The van der Waals surface area contributed by atoms with Gasteiger partial charge in [-0.3, -0.25) is 9.69 Å². The largest absolute Gasteiger partial charge is 0.320 e. The van der Waals surface area contributed by atoms with Crippen molar-refractivity contribution >= 4 is 11.6 Å². The van der Waals surface area contributed by atoms with E-state index in [1.807, 2.05) is 54.3 Å². The molecular weight excluding hydrogens is 358 g/mol. The second-order valence-electron chi connectivity index (χ2n) is 6.51. The average Bonchev–Trinajstić information content (AvgIpc) is 2.71. The molecule has 0 saturated heterocycles. The Bertz CT molecular complexity index is 907. The van der Waals surface area contributed by atoms with Crippen LogP contribution in [0.5, 0.6) is 0 Å². The van der Waals surface area contributed by atoms with Gasteiger partial charge in [0, 0.05) is 6.54 Å². The topological polar surface area (TPSA) is 32.3 Å². The maximum absolute atomic E-state index is 13.7.